The molecule has 4 heterocycles. The van der Waals surface area contributed by atoms with E-state index >= 15 is 0 Å². The Morgan fingerprint density at radius 3 is 2.82 bits per heavy atom. The SMILES string of the molecule is CN=C(NCCc1cn2c(n1)CCCC2)N1CCN(CC2CCOC2)CC1.I. The van der Waals surface area contributed by atoms with Gasteiger partial charge >= 0.3 is 0 Å². The zero-order valence-corrected chi connectivity index (χ0v) is 19.4. The molecular weight excluding hydrogens is 467 g/mol. The van der Waals surface area contributed by atoms with Crippen molar-refractivity contribution in [1.82, 2.24) is 24.7 Å². The third-order valence-corrected chi connectivity index (χ3v) is 6.05. The molecule has 1 N–H and O–H groups in total. The van der Waals surface area contributed by atoms with Crippen molar-refractivity contribution in [2.75, 3.05) is 59.5 Å². The van der Waals surface area contributed by atoms with Crippen molar-refractivity contribution < 1.29 is 4.74 Å². The first-order valence-electron chi connectivity index (χ1n) is 10.6. The fourth-order valence-electron chi connectivity index (χ4n) is 4.46. The Morgan fingerprint density at radius 1 is 1.25 bits per heavy atom. The highest BCUT2D eigenvalue weighted by molar-refractivity contribution is 14.0. The first kappa shape index (κ1) is 21.8. The van der Waals surface area contributed by atoms with Gasteiger partial charge < -0.3 is 19.5 Å². The maximum atomic E-state index is 5.51. The summed E-state index contributed by atoms with van der Waals surface area (Å²) in [5.74, 6) is 3.03. The van der Waals surface area contributed by atoms with Crippen LogP contribution in [0.5, 0.6) is 0 Å². The lowest BCUT2D eigenvalue weighted by Crippen LogP contribution is -2.53. The molecule has 0 spiro atoms. The molecule has 3 aliphatic rings. The molecule has 3 aliphatic heterocycles. The summed E-state index contributed by atoms with van der Waals surface area (Å²) in [5.41, 5.74) is 1.21. The van der Waals surface area contributed by atoms with Gasteiger partial charge in [0.2, 0.25) is 0 Å². The van der Waals surface area contributed by atoms with E-state index in [4.69, 9.17) is 9.72 Å². The molecule has 0 bridgehead atoms. The minimum atomic E-state index is 0. The predicted molar refractivity (Wildman–Crippen MR) is 123 cm³/mol. The van der Waals surface area contributed by atoms with Gasteiger partial charge in [0.25, 0.3) is 0 Å². The van der Waals surface area contributed by atoms with E-state index in [0.717, 1.165) is 77.2 Å². The molecule has 28 heavy (non-hydrogen) atoms. The number of aromatic nitrogens is 2. The second-order valence-corrected chi connectivity index (χ2v) is 8.04. The van der Waals surface area contributed by atoms with Gasteiger partial charge in [-0.2, -0.15) is 0 Å². The summed E-state index contributed by atoms with van der Waals surface area (Å²) in [7, 11) is 1.89. The molecule has 0 saturated carbocycles. The number of ether oxygens (including phenoxy) is 1. The number of rotatable bonds is 5. The van der Waals surface area contributed by atoms with Gasteiger partial charge in [-0.3, -0.25) is 9.89 Å². The molecule has 158 valence electrons. The first-order chi connectivity index (χ1) is 13.3. The Bertz CT molecular complexity index is 611. The summed E-state index contributed by atoms with van der Waals surface area (Å²) in [6.07, 6.45) is 8.12. The Labute approximate surface area is 185 Å². The van der Waals surface area contributed by atoms with Crippen molar-refractivity contribution >= 4 is 29.9 Å². The van der Waals surface area contributed by atoms with Crippen molar-refractivity contribution in [3.05, 3.63) is 17.7 Å². The number of halogens is 1. The number of fused-ring (bicyclic) bond motifs is 1. The lowest BCUT2D eigenvalue weighted by molar-refractivity contribution is 0.139. The second kappa shape index (κ2) is 10.8. The minimum Gasteiger partial charge on any atom is -0.381 e. The molecule has 0 radical (unpaired) electrons. The zero-order valence-electron chi connectivity index (χ0n) is 17.1. The fourth-order valence-corrected chi connectivity index (χ4v) is 4.46. The van der Waals surface area contributed by atoms with Gasteiger partial charge in [0.05, 0.1) is 12.3 Å². The molecule has 2 fully saturated rings. The summed E-state index contributed by atoms with van der Waals surface area (Å²) >= 11 is 0. The smallest absolute Gasteiger partial charge is 0.193 e. The van der Waals surface area contributed by atoms with E-state index in [0.29, 0.717) is 0 Å². The largest absolute Gasteiger partial charge is 0.381 e. The molecule has 2 saturated heterocycles. The average molecular weight is 502 g/mol. The van der Waals surface area contributed by atoms with Crippen LogP contribution >= 0.6 is 24.0 Å². The summed E-state index contributed by atoms with van der Waals surface area (Å²) in [5, 5.41) is 3.54. The van der Waals surface area contributed by atoms with Crippen LogP contribution in [0.2, 0.25) is 0 Å². The Hall–Kier alpha value is -0.870. The molecule has 0 amide bonds. The topological polar surface area (TPSA) is 57.9 Å². The number of piperazine rings is 1. The third kappa shape index (κ3) is 5.60. The molecule has 1 aromatic heterocycles. The zero-order chi connectivity index (χ0) is 18.5. The van der Waals surface area contributed by atoms with E-state index < -0.39 is 0 Å². The van der Waals surface area contributed by atoms with Crippen LogP contribution in [0.25, 0.3) is 0 Å². The molecule has 1 atom stereocenters. The lowest BCUT2D eigenvalue weighted by Gasteiger charge is -2.37. The predicted octanol–water partition coefficient (Wildman–Crippen LogP) is 1.61. The number of nitrogens with one attached hydrogen (secondary N) is 1. The van der Waals surface area contributed by atoms with Gasteiger partial charge in [0.1, 0.15) is 5.82 Å². The molecule has 1 aromatic rings. The van der Waals surface area contributed by atoms with Gasteiger partial charge in [0.15, 0.2) is 5.96 Å². The summed E-state index contributed by atoms with van der Waals surface area (Å²) in [6.45, 7) is 9.43. The number of hydrogen-bond acceptors (Lipinski definition) is 4. The van der Waals surface area contributed by atoms with Gasteiger partial charge in [0, 0.05) is 78.5 Å². The molecular formula is C20H35IN6O. The van der Waals surface area contributed by atoms with E-state index in [2.05, 4.69) is 30.9 Å². The standard InChI is InChI=1S/C20H34N6O.HI/c1-21-20(22-7-5-18-15-26-8-3-2-4-19(26)23-18)25-11-9-24(10-12-25)14-17-6-13-27-16-17;/h15,17H,2-14,16H2,1H3,(H,21,22);1H. The Balaban J connectivity index is 0.00000225. The van der Waals surface area contributed by atoms with Crippen LogP contribution in [0.15, 0.2) is 11.2 Å². The molecule has 8 heteroatoms. The Kier molecular flexibility index (Phi) is 8.40. The van der Waals surface area contributed by atoms with Crippen LogP contribution in [0.4, 0.5) is 0 Å². The van der Waals surface area contributed by atoms with Crippen molar-refractivity contribution in [2.24, 2.45) is 10.9 Å². The van der Waals surface area contributed by atoms with Crippen LogP contribution in [-0.4, -0.2) is 84.8 Å². The van der Waals surface area contributed by atoms with E-state index in [1.807, 2.05) is 7.05 Å². The van der Waals surface area contributed by atoms with E-state index in [-0.39, 0.29) is 24.0 Å². The maximum Gasteiger partial charge on any atom is 0.193 e. The summed E-state index contributed by atoms with van der Waals surface area (Å²) in [4.78, 5) is 14.3. The molecule has 1 unspecified atom stereocenters. The quantitative estimate of drug-likeness (QED) is 0.377. The fraction of sp³-hybridized carbons (Fsp3) is 0.800. The van der Waals surface area contributed by atoms with Crippen LogP contribution < -0.4 is 5.32 Å². The number of hydrogen-bond donors (Lipinski definition) is 1. The highest BCUT2D eigenvalue weighted by Crippen LogP contribution is 2.16. The highest BCUT2D eigenvalue weighted by atomic mass is 127. The number of imidazole rings is 1. The monoisotopic (exact) mass is 502 g/mol. The van der Waals surface area contributed by atoms with Crippen LogP contribution in [-0.2, 0) is 24.1 Å². The summed E-state index contributed by atoms with van der Waals surface area (Å²) in [6, 6.07) is 0. The molecule has 0 aromatic carbocycles. The van der Waals surface area contributed by atoms with E-state index in [1.165, 1.54) is 37.3 Å². The van der Waals surface area contributed by atoms with Crippen molar-refractivity contribution in [3.63, 3.8) is 0 Å². The van der Waals surface area contributed by atoms with Gasteiger partial charge in [-0.15, -0.1) is 24.0 Å². The third-order valence-electron chi connectivity index (χ3n) is 6.05. The number of nitrogens with zero attached hydrogens (tertiary/aromatic N) is 5. The average Bonchev–Trinajstić information content (AvgIpc) is 3.35. The van der Waals surface area contributed by atoms with E-state index in [9.17, 15) is 0 Å². The van der Waals surface area contributed by atoms with Crippen LogP contribution in [0, 0.1) is 5.92 Å². The van der Waals surface area contributed by atoms with Crippen LogP contribution in [0.1, 0.15) is 30.8 Å². The van der Waals surface area contributed by atoms with Crippen molar-refractivity contribution in [2.45, 2.75) is 38.6 Å². The van der Waals surface area contributed by atoms with Gasteiger partial charge in [-0.25, -0.2) is 4.98 Å². The van der Waals surface area contributed by atoms with Gasteiger partial charge in [-0.05, 0) is 25.2 Å². The number of aryl methyl sites for hydroxylation is 2. The second-order valence-electron chi connectivity index (χ2n) is 8.04. The summed E-state index contributed by atoms with van der Waals surface area (Å²) < 4.78 is 7.85. The Morgan fingerprint density at radius 2 is 2.11 bits per heavy atom. The van der Waals surface area contributed by atoms with E-state index in [1.54, 1.807) is 0 Å². The van der Waals surface area contributed by atoms with Crippen molar-refractivity contribution in [1.29, 1.82) is 0 Å². The number of guanidine groups is 1. The molecule has 7 nitrogen and oxygen atoms in total. The normalized spacial score (nSPS) is 23.4. The van der Waals surface area contributed by atoms with Crippen molar-refractivity contribution in [3.8, 4) is 0 Å². The minimum absolute atomic E-state index is 0. The highest BCUT2D eigenvalue weighted by Gasteiger charge is 2.24. The van der Waals surface area contributed by atoms with Gasteiger partial charge in [-0.1, -0.05) is 0 Å². The molecule has 4 rings (SSSR count). The number of aliphatic imine (C=N–C) groups is 1. The molecule has 0 aliphatic carbocycles. The maximum absolute atomic E-state index is 5.51. The van der Waals surface area contributed by atoms with Crippen LogP contribution in [0.3, 0.4) is 0 Å². The first-order valence-corrected chi connectivity index (χ1v) is 10.6. The lowest BCUT2D eigenvalue weighted by atomic mass is 10.1.